The predicted molar refractivity (Wildman–Crippen MR) is 73.9 cm³/mol. The zero-order chi connectivity index (χ0) is 13.2. The predicted octanol–water partition coefficient (Wildman–Crippen LogP) is 3.56. The third kappa shape index (κ3) is 6.05. The van der Waals surface area contributed by atoms with Gasteiger partial charge in [-0.2, -0.15) is 0 Å². The first-order valence-corrected chi connectivity index (χ1v) is 7.23. The highest BCUT2D eigenvalue weighted by molar-refractivity contribution is 8.00. The summed E-state index contributed by atoms with van der Waals surface area (Å²) in [4.78, 5) is 11.1. The van der Waals surface area contributed by atoms with E-state index in [0.29, 0.717) is 12.8 Å². The third-order valence-corrected chi connectivity index (χ3v) is 3.93. The summed E-state index contributed by atoms with van der Waals surface area (Å²) in [5.74, 6) is 0.0124. The average molecular weight is 270 g/mol. The molecule has 0 bridgehead atoms. The van der Waals surface area contributed by atoms with Crippen molar-refractivity contribution in [1.29, 1.82) is 0 Å². The Bertz CT molecular complexity index is 343. The van der Waals surface area contributed by atoms with Crippen molar-refractivity contribution in [3.8, 4) is 0 Å². The van der Waals surface area contributed by atoms with Crippen LogP contribution in [-0.2, 0) is 11.2 Å². The van der Waals surface area contributed by atoms with Crippen molar-refractivity contribution < 1.29 is 14.3 Å². The summed E-state index contributed by atoms with van der Waals surface area (Å²) in [6, 6.07) is 9.64. The van der Waals surface area contributed by atoms with Crippen molar-refractivity contribution in [3.63, 3.8) is 0 Å². The Labute approximate surface area is 112 Å². The Hall–Kier alpha value is -1.03. The van der Waals surface area contributed by atoms with Crippen LogP contribution < -0.4 is 0 Å². The van der Waals surface area contributed by atoms with Crippen molar-refractivity contribution >= 4 is 17.7 Å². The summed E-state index contributed by atoms with van der Waals surface area (Å²) >= 11 is 1.45. The monoisotopic (exact) mass is 270 g/mol. The number of unbranched alkanes of at least 4 members (excludes halogenated alkanes) is 2. The van der Waals surface area contributed by atoms with Gasteiger partial charge in [0.05, 0.1) is 6.67 Å². The van der Waals surface area contributed by atoms with E-state index in [9.17, 15) is 9.18 Å². The Balaban J connectivity index is 2.34. The second-order valence-corrected chi connectivity index (χ2v) is 5.45. The maximum Gasteiger partial charge on any atom is 0.316 e. The van der Waals surface area contributed by atoms with Gasteiger partial charge in [0.1, 0.15) is 5.25 Å². The third-order valence-electron chi connectivity index (χ3n) is 2.64. The van der Waals surface area contributed by atoms with Crippen LogP contribution in [0.25, 0.3) is 0 Å². The van der Waals surface area contributed by atoms with E-state index in [2.05, 4.69) is 0 Å². The molecule has 0 aromatic heterocycles. The maximum atomic E-state index is 11.9. The molecule has 0 fully saturated rings. The van der Waals surface area contributed by atoms with Gasteiger partial charge >= 0.3 is 5.97 Å². The number of carbonyl (C=O) groups is 1. The lowest BCUT2D eigenvalue weighted by Crippen LogP contribution is -2.19. The largest absolute Gasteiger partial charge is 0.480 e. The molecule has 1 aromatic carbocycles. The lowest BCUT2D eigenvalue weighted by atomic mass is 10.1. The number of hydrogen-bond acceptors (Lipinski definition) is 2. The fourth-order valence-electron chi connectivity index (χ4n) is 1.64. The molecule has 0 radical (unpaired) electrons. The molecule has 0 amide bonds. The van der Waals surface area contributed by atoms with Crippen molar-refractivity contribution in [2.75, 3.05) is 12.4 Å². The van der Waals surface area contributed by atoms with Gasteiger partial charge in [-0.1, -0.05) is 36.8 Å². The van der Waals surface area contributed by atoms with Gasteiger partial charge in [0.25, 0.3) is 0 Å². The number of alkyl halides is 1. The first-order valence-electron chi connectivity index (χ1n) is 6.18. The molecule has 4 heteroatoms. The molecule has 0 spiro atoms. The number of rotatable bonds is 9. The van der Waals surface area contributed by atoms with E-state index in [1.54, 1.807) is 0 Å². The summed E-state index contributed by atoms with van der Waals surface area (Å²) in [5.41, 5.74) is 1.04. The molecule has 0 aliphatic rings. The first kappa shape index (κ1) is 15.0. The van der Waals surface area contributed by atoms with Crippen molar-refractivity contribution in [2.24, 2.45) is 0 Å². The van der Waals surface area contributed by atoms with E-state index in [1.165, 1.54) is 11.8 Å². The molecule has 1 unspecified atom stereocenters. The molecule has 0 aliphatic carbocycles. The van der Waals surface area contributed by atoms with Crippen LogP contribution in [0.1, 0.15) is 24.8 Å². The van der Waals surface area contributed by atoms with E-state index in [0.717, 1.165) is 24.2 Å². The Kier molecular flexibility index (Phi) is 7.49. The molecular weight excluding hydrogens is 251 g/mol. The number of hydrogen-bond donors (Lipinski definition) is 1. The van der Waals surface area contributed by atoms with Gasteiger partial charge < -0.3 is 5.11 Å². The van der Waals surface area contributed by atoms with Crippen molar-refractivity contribution in [1.82, 2.24) is 0 Å². The molecule has 18 heavy (non-hydrogen) atoms. The van der Waals surface area contributed by atoms with E-state index < -0.39 is 11.2 Å². The van der Waals surface area contributed by atoms with Crippen LogP contribution in [0.5, 0.6) is 0 Å². The highest BCUT2D eigenvalue weighted by Gasteiger charge is 2.17. The van der Waals surface area contributed by atoms with Crippen LogP contribution in [-0.4, -0.2) is 28.8 Å². The Morgan fingerprint density at radius 3 is 2.56 bits per heavy atom. The number of aliphatic carboxylic acids is 1. The summed E-state index contributed by atoms with van der Waals surface area (Å²) in [7, 11) is 0. The summed E-state index contributed by atoms with van der Waals surface area (Å²) in [5, 5.41) is 8.75. The Morgan fingerprint density at radius 2 is 1.94 bits per heavy atom. The van der Waals surface area contributed by atoms with Crippen LogP contribution in [0, 0.1) is 0 Å². The highest BCUT2D eigenvalue weighted by Crippen LogP contribution is 2.18. The van der Waals surface area contributed by atoms with Gasteiger partial charge in [-0.15, -0.1) is 11.8 Å². The van der Waals surface area contributed by atoms with Crippen LogP contribution in [0.15, 0.2) is 30.3 Å². The van der Waals surface area contributed by atoms with E-state index in [4.69, 9.17) is 5.11 Å². The maximum absolute atomic E-state index is 11.9. The molecule has 1 N–H and O–H groups in total. The smallest absolute Gasteiger partial charge is 0.316 e. The van der Waals surface area contributed by atoms with Crippen molar-refractivity contribution in [2.45, 2.75) is 30.9 Å². The standard InChI is InChI=1S/C14H19FO2S/c15-9-5-2-6-10-18-13(14(16)17)11-12-7-3-1-4-8-12/h1,3-4,7-8,13H,2,5-6,9-11H2,(H,16,17). The van der Waals surface area contributed by atoms with Gasteiger partial charge in [-0.3, -0.25) is 9.18 Å². The highest BCUT2D eigenvalue weighted by atomic mass is 32.2. The Morgan fingerprint density at radius 1 is 1.22 bits per heavy atom. The normalized spacial score (nSPS) is 12.3. The van der Waals surface area contributed by atoms with Crippen molar-refractivity contribution in [3.05, 3.63) is 35.9 Å². The minimum Gasteiger partial charge on any atom is -0.480 e. The number of halogens is 1. The summed E-state index contributed by atoms with van der Waals surface area (Å²) < 4.78 is 11.9. The second-order valence-electron chi connectivity index (χ2n) is 4.14. The van der Waals surface area contributed by atoms with Gasteiger partial charge in [0, 0.05) is 0 Å². The minimum atomic E-state index is -0.769. The second kappa shape index (κ2) is 8.97. The molecule has 0 saturated carbocycles. The SMILES string of the molecule is O=C(O)C(Cc1ccccc1)SCCCCCF. The molecule has 1 rings (SSSR count). The lowest BCUT2D eigenvalue weighted by Gasteiger charge is -2.11. The lowest BCUT2D eigenvalue weighted by molar-refractivity contribution is -0.136. The molecule has 0 aliphatic heterocycles. The van der Waals surface area contributed by atoms with Crippen LogP contribution in [0.2, 0.25) is 0 Å². The molecule has 100 valence electrons. The molecular formula is C14H19FO2S. The topological polar surface area (TPSA) is 37.3 Å². The molecule has 0 heterocycles. The van der Waals surface area contributed by atoms with Crippen LogP contribution >= 0.6 is 11.8 Å². The number of carboxylic acid groups (broad SMARTS) is 1. The number of carboxylic acids is 1. The summed E-state index contributed by atoms with van der Waals surface area (Å²) in [6.45, 7) is -0.281. The van der Waals surface area contributed by atoms with E-state index >= 15 is 0 Å². The van der Waals surface area contributed by atoms with Gasteiger partial charge in [-0.25, -0.2) is 0 Å². The van der Waals surface area contributed by atoms with E-state index in [1.807, 2.05) is 30.3 Å². The molecule has 0 saturated heterocycles. The minimum absolute atomic E-state index is 0.281. The van der Waals surface area contributed by atoms with Crippen LogP contribution in [0.3, 0.4) is 0 Å². The zero-order valence-electron chi connectivity index (χ0n) is 10.3. The first-order chi connectivity index (χ1) is 8.74. The summed E-state index contributed by atoms with van der Waals surface area (Å²) in [6.07, 6.45) is 2.84. The average Bonchev–Trinajstić information content (AvgIpc) is 2.38. The van der Waals surface area contributed by atoms with Crippen LogP contribution in [0.4, 0.5) is 4.39 Å². The molecule has 1 aromatic rings. The van der Waals surface area contributed by atoms with Gasteiger partial charge in [-0.05, 0) is 30.6 Å². The molecule has 1 atom stereocenters. The zero-order valence-corrected chi connectivity index (χ0v) is 11.2. The molecule has 2 nitrogen and oxygen atoms in total. The quantitative estimate of drug-likeness (QED) is 0.697. The fourth-order valence-corrected chi connectivity index (χ4v) is 2.75. The van der Waals surface area contributed by atoms with Gasteiger partial charge in [0.15, 0.2) is 0 Å². The fraction of sp³-hybridized carbons (Fsp3) is 0.500. The van der Waals surface area contributed by atoms with Gasteiger partial charge in [0.2, 0.25) is 0 Å². The number of thioether (sulfide) groups is 1. The van der Waals surface area contributed by atoms with E-state index in [-0.39, 0.29) is 6.67 Å². The number of benzene rings is 1.